The number of amides is 1. The molecule has 0 aliphatic carbocycles. The van der Waals surface area contributed by atoms with Gasteiger partial charge in [-0.2, -0.15) is 13.2 Å². The van der Waals surface area contributed by atoms with E-state index in [1.165, 1.54) is 6.92 Å². The molecule has 0 fully saturated rings. The minimum absolute atomic E-state index is 0.193. The van der Waals surface area contributed by atoms with Crippen LogP contribution in [0.15, 0.2) is 30.3 Å². The minimum Gasteiger partial charge on any atom is -0.465 e. The predicted octanol–water partition coefficient (Wildman–Crippen LogP) is 4.16. The highest BCUT2D eigenvalue weighted by atomic mass is 127. The van der Waals surface area contributed by atoms with E-state index < -0.39 is 28.3 Å². The first kappa shape index (κ1) is 19.0. The summed E-state index contributed by atoms with van der Waals surface area (Å²) < 4.78 is 36.9. The van der Waals surface area contributed by atoms with Gasteiger partial charge in [-0.15, -0.1) is 0 Å². The van der Waals surface area contributed by atoms with Gasteiger partial charge in [-0.25, -0.2) is 4.79 Å². The highest BCUT2D eigenvalue weighted by molar-refractivity contribution is 14.1. The van der Waals surface area contributed by atoms with Crippen LogP contribution in [0.1, 0.15) is 29.4 Å². The molecule has 124 valence electrons. The summed E-state index contributed by atoms with van der Waals surface area (Å²) in [5, 5.41) is 9.49. The maximum absolute atomic E-state index is 12.5. The number of nitrogens with zero attached hydrogens (tertiary/aromatic N) is 1. The standard InChI is InChI=1S/C14H18F3IN2O2/c1-13(9-19,7-8-14(15,16)17)20(12(21)22)11(18)10-5-3-2-4-6-10/h2-6,11H,7-9,19H2,1H3,(H,21,22). The second-order valence-corrected chi connectivity index (χ2v) is 6.40. The largest absolute Gasteiger partial charge is 0.465 e. The Kier molecular flexibility index (Phi) is 6.48. The maximum atomic E-state index is 12.5. The number of nitrogens with two attached hydrogens (primary N) is 1. The lowest BCUT2D eigenvalue weighted by Gasteiger charge is -2.42. The minimum atomic E-state index is -4.35. The van der Waals surface area contributed by atoms with Crippen LogP contribution in [0.25, 0.3) is 0 Å². The average Bonchev–Trinajstić information content (AvgIpc) is 2.45. The van der Waals surface area contributed by atoms with Crippen LogP contribution in [0.2, 0.25) is 0 Å². The summed E-state index contributed by atoms with van der Waals surface area (Å²) >= 11 is 1.90. The van der Waals surface area contributed by atoms with E-state index in [1.54, 1.807) is 30.3 Å². The van der Waals surface area contributed by atoms with E-state index in [2.05, 4.69) is 0 Å². The molecule has 0 aromatic heterocycles. The van der Waals surface area contributed by atoms with E-state index in [9.17, 15) is 23.1 Å². The zero-order chi connectivity index (χ0) is 17.0. The highest BCUT2D eigenvalue weighted by Gasteiger charge is 2.41. The molecule has 3 N–H and O–H groups in total. The highest BCUT2D eigenvalue weighted by Crippen LogP contribution is 2.37. The van der Waals surface area contributed by atoms with Gasteiger partial charge in [-0.05, 0) is 18.9 Å². The fraction of sp³-hybridized carbons (Fsp3) is 0.500. The van der Waals surface area contributed by atoms with Crippen LogP contribution >= 0.6 is 22.6 Å². The van der Waals surface area contributed by atoms with Gasteiger partial charge in [0.25, 0.3) is 0 Å². The van der Waals surface area contributed by atoms with Crippen LogP contribution in [0.5, 0.6) is 0 Å². The topological polar surface area (TPSA) is 66.6 Å². The number of rotatable bonds is 6. The van der Waals surface area contributed by atoms with Gasteiger partial charge in [-0.1, -0.05) is 52.9 Å². The molecule has 22 heavy (non-hydrogen) atoms. The van der Waals surface area contributed by atoms with E-state index in [0.29, 0.717) is 5.56 Å². The van der Waals surface area contributed by atoms with Gasteiger partial charge in [0.1, 0.15) is 4.05 Å². The van der Waals surface area contributed by atoms with Crippen molar-refractivity contribution in [2.45, 2.75) is 35.5 Å². The zero-order valence-corrected chi connectivity index (χ0v) is 14.1. The molecule has 8 heteroatoms. The molecular formula is C14H18F3IN2O2. The molecule has 0 saturated heterocycles. The summed E-state index contributed by atoms with van der Waals surface area (Å²) in [5.41, 5.74) is 5.00. The second-order valence-electron chi connectivity index (χ2n) is 5.22. The molecule has 4 nitrogen and oxygen atoms in total. The van der Waals surface area contributed by atoms with Gasteiger partial charge >= 0.3 is 12.3 Å². The van der Waals surface area contributed by atoms with E-state index in [4.69, 9.17) is 5.73 Å². The predicted molar refractivity (Wildman–Crippen MR) is 85.8 cm³/mol. The van der Waals surface area contributed by atoms with Gasteiger partial charge in [-0.3, -0.25) is 4.90 Å². The Morgan fingerprint density at radius 3 is 2.27 bits per heavy atom. The Bertz CT molecular complexity index is 499. The van der Waals surface area contributed by atoms with Gasteiger partial charge in [0, 0.05) is 13.0 Å². The van der Waals surface area contributed by atoms with Crippen LogP contribution in [0, 0.1) is 0 Å². The summed E-state index contributed by atoms with van der Waals surface area (Å²) in [6, 6.07) is 8.73. The van der Waals surface area contributed by atoms with Crippen molar-refractivity contribution >= 4 is 28.7 Å². The second kappa shape index (κ2) is 7.49. The number of halogens is 4. The normalized spacial score (nSPS) is 15.9. The first-order valence-electron chi connectivity index (χ1n) is 6.59. The third-order valence-electron chi connectivity index (χ3n) is 3.48. The Morgan fingerprint density at radius 2 is 1.86 bits per heavy atom. The smallest absolute Gasteiger partial charge is 0.408 e. The van der Waals surface area contributed by atoms with Crippen molar-refractivity contribution in [3.05, 3.63) is 35.9 Å². The Labute approximate surface area is 140 Å². The summed E-state index contributed by atoms with van der Waals surface area (Å²) in [6.07, 6.45) is -7.11. The third kappa shape index (κ3) is 5.01. The number of carbonyl (C=O) groups is 1. The van der Waals surface area contributed by atoms with E-state index in [-0.39, 0.29) is 13.0 Å². The van der Waals surface area contributed by atoms with Crippen LogP contribution < -0.4 is 5.73 Å². The van der Waals surface area contributed by atoms with Gasteiger partial charge < -0.3 is 10.8 Å². The Balaban J connectivity index is 3.07. The molecule has 2 atom stereocenters. The fourth-order valence-corrected chi connectivity index (χ4v) is 3.42. The fourth-order valence-electron chi connectivity index (χ4n) is 2.09. The molecule has 1 amide bonds. The number of hydrogen-bond donors (Lipinski definition) is 2. The quantitative estimate of drug-likeness (QED) is 0.405. The number of hydrogen-bond acceptors (Lipinski definition) is 2. The number of alkyl halides is 4. The molecule has 2 unspecified atom stereocenters. The molecule has 0 aliphatic rings. The van der Waals surface area contributed by atoms with Crippen molar-refractivity contribution in [3.63, 3.8) is 0 Å². The SMILES string of the molecule is CC(CN)(CCC(F)(F)F)N(C(=O)O)C(I)c1ccccc1. The Hall–Kier alpha value is -1.03. The lowest BCUT2D eigenvalue weighted by Crippen LogP contribution is -2.54. The molecule has 0 heterocycles. The first-order valence-corrected chi connectivity index (χ1v) is 7.83. The van der Waals surface area contributed by atoms with Crippen molar-refractivity contribution in [1.82, 2.24) is 4.90 Å². The molecule has 1 aromatic carbocycles. The van der Waals surface area contributed by atoms with E-state index in [1.807, 2.05) is 22.6 Å². The van der Waals surface area contributed by atoms with Gasteiger partial charge in [0.15, 0.2) is 0 Å². The number of benzene rings is 1. The summed E-state index contributed by atoms with van der Waals surface area (Å²) in [4.78, 5) is 12.6. The summed E-state index contributed by atoms with van der Waals surface area (Å²) in [6.45, 7) is 1.25. The van der Waals surface area contributed by atoms with Crippen molar-refractivity contribution in [2.24, 2.45) is 5.73 Å². The number of carboxylic acid groups (broad SMARTS) is 1. The molecule has 1 aromatic rings. The summed E-state index contributed by atoms with van der Waals surface area (Å²) in [5.74, 6) is 0. The van der Waals surface area contributed by atoms with Crippen LogP contribution in [0.4, 0.5) is 18.0 Å². The van der Waals surface area contributed by atoms with E-state index >= 15 is 0 Å². The van der Waals surface area contributed by atoms with Crippen LogP contribution in [-0.2, 0) is 0 Å². The lowest BCUT2D eigenvalue weighted by molar-refractivity contribution is -0.141. The molecule has 0 bridgehead atoms. The molecule has 1 rings (SSSR count). The average molecular weight is 430 g/mol. The zero-order valence-electron chi connectivity index (χ0n) is 12.0. The molecule has 0 spiro atoms. The van der Waals surface area contributed by atoms with Crippen molar-refractivity contribution in [1.29, 1.82) is 0 Å². The molecule has 0 radical (unpaired) electrons. The van der Waals surface area contributed by atoms with Gasteiger partial charge in [0.05, 0.1) is 5.54 Å². The van der Waals surface area contributed by atoms with Crippen LogP contribution in [0.3, 0.4) is 0 Å². The van der Waals surface area contributed by atoms with Crippen molar-refractivity contribution in [2.75, 3.05) is 6.54 Å². The molecule has 0 aliphatic heterocycles. The molecular weight excluding hydrogens is 412 g/mol. The maximum Gasteiger partial charge on any atom is 0.408 e. The van der Waals surface area contributed by atoms with Crippen molar-refractivity contribution < 1.29 is 23.1 Å². The lowest BCUT2D eigenvalue weighted by atomic mass is 9.93. The summed E-state index contributed by atoms with van der Waals surface area (Å²) in [7, 11) is 0. The molecule has 0 saturated carbocycles. The van der Waals surface area contributed by atoms with Gasteiger partial charge in [0.2, 0.25) is 0 Å². The third-order valence-corrected chi connectivity index (χ3v) is 4.75. The first-order chi connectivity index (χ1) is 10.1. The van der Waals surface area contributed by atoms with Crippen molar-refractivity contribution in [3.8, 4) is 0 Å². The Morgan fingerprint density at radius 1 is 1.32 bits per heavy atom. The van der Waals surface area contributed by atoms with E-state index in [0.717, 1.165) is 4.90 Å². The van der Waals surface area contributed by atoms with Crippen LogP contribution in [-0.4, -0.2) is 34.4 Å². The monoisotopic (exact) mass is 430 g/mol.